The average Bonchev–Trinajstić information content (AvgIpc) is 3.31. The molecule has 29 heavy (non-hydrogen) atoms. The third kappa shape index (κ3) is 4.62. The molecule has 7 heteroatoms. The minimum atomic E-state index is -0.0227. The van der Waals surface area contributed by atoms with Crippen LogP contribution in [0.1, 0.15) is 23.3 Å². The smallest absolute Gasteiger partial charge is 0.272 e. The maximum atomic E-state index is 12.9. The molecule has 154 valence electrons. The fraction of sp³-hybridized carbons (Fsp3) is 0.455. The molecule has 1 unspecified atom stereocenters. The fourth-order valence-electron chi connectivity index (χ4n) is 3.90. The minimum absolute atomic E-state index is 0.0227. The molecule has 2 saturated heterocycles. The second-order valence-corrected chi connectivity index (χ2v) is 7.40. The van der Waals surface area contributed by atoms with Crippen molar-refractivity contribution in [2.24, 2.45) is 0 Å². The molecule has 1 N–H and O–H groups in total. The predicted molar refractivity (Wildman–Crippen MR) is 113 cm³/mol. The molecule has 3 heterocycles. The van der Waals surface area contributed by atoms with Gasteiger partial charge in [-0.15, -0.1) is 0 Å². The van der Waals surface area contributed by atoms with Crippen LogP contribution in [0.4, 0.5) is 11.4 Å². The van der Waals surface area contributed by atoms with E-state index in [0.717, 1.165) is 56.2 Å². The first-order valence-corrected chi connectivity index (χ1v) is 10.2. The van der Waals surface area contributed by atoms with E-state index in [1.54, 1.807) is 13.3 Å². The SMILES string of the molecule is COc1ccccc1N1CCN(C(=O)c2cc(NCC3CCCO3)ccn2)CC1. The van der Waals surface area contributed by atoms with Gasteiger partial charge in [-0.1, -0.05) is 12.1 Å². The van der Waals surface area contributed by atoms with Gasteiger partial charge >= 0.3 is 0 Å². The highest BCUT2D eigenvalue weighted by molar-refractivity contribution is 5.93. The van der Waals surface area contributed by atoms with Crippen LogP contribution in [-0.4, -0.2) is 68.3 Å². The standard InChI is InChI=1S/C22H28N4O3/c1-28-21-7-3-2-6-20(21)25-10-12-26(13-11-25)22(27)19-15-17(8-9-23-19)24-16-18-5-4-14-29-18/h2-3,6-9,15,18H,4-5,10-14,16H2,1H3,(H,23,24). The van der Waals surface area contributed by atoms with Crippen molar-refractivity contribution in [1.82, 2.24) is 9.88 Å². The number of carbonyl (C=O) groups excluding carboxylic acids is 1. The molecular weight excluding hydrogens is 368 g/mol. The van der Waals surface area contributed by atoms with Crippen molar-refractivity contribution < 1.29 is 14.3 Å². The molecule has 0 saturated carbocycles. The highest BCUT2D eigenvalue weighted by atomic mass is 16.5. The van der Waals surface area contributed by atoms with Crippen molar-refractivity contribution in [3.63, 3.8) is 0 Å². The number of rotatable bonds is 6. The molecule has 1 atom stereocenters. The quantitative estimate of drug-likeness (QED) is 0.810. The summed E-state index contributed by atoms with van der Waals surface area (Å²) in [7, 11) is 1.68. The summed E-state index contributed by atoms with van der Waals surface area (Å²) in [4.78, 5) is 21.4. The highest BCUT2D eigenvalue weighted by Crippen LogP contribution is 2.28. The van der Waals surface area contributed by atoms with Crippen LogP contribution in [0.15, 0.2) is 42.6 Å². The Balaban J connectivity index is 1.35. The van der Waals surface area contributed by atoms with E-state index in [0.29, 0.717) is 18.8 Å². The number of para-hydroxylation sites is 2. The number of carbonyl (C=O) groups is 1. The molecular formula is C22H28N4O3. The third-order valence-electron chi connectivity index (χ3n) is 5.53. The number of hydrogen-bond acceptors (Lipinski definition) is 6. The molecule has 0 bridgehead atoms. The molecule has 1 aromatic heterocycles. The van der Waals surface area contributed by atoms with Gasteiger partial charge in [-0.2, -0.15) is 0 Å². The zero-order valence-electron chi connectivity index (χ0n) is 16.8. The van der Waals surface area contributed by atoms with Crippen LogP contribution in [-0.2, 0) is 4.74 Å². The van der Waals surface area contributed by atoms with Gasteiger partial charge in [0.1, 0.15) is 11.4 Å². The van der Waals surface area contributed by atoms with Gasteiger partial charge in [0, 0.05) is 51.2 Å². The van der Waals surface area contributed by atoms with Crippen molar-refractivity contribution in [1.29, 1.82) is 0 Å². The van der Waals surface area contributed by atoms with E-state index in [-0.39, 0.29) is 12.0 Å². The summed E-state index contributed by atoms with van der Waals surface area (Å²) in [5, 5.41) is 3.37. The minimum Gasteiger partial charge on any atom is -0.495 e. The number of pyridine rings is 1. The van der Waals surface area contributed by atoms with Crippen molar-refractivity contribution >= 4 is 17.3 Å². The Hall–Kier alpha value is -2.80. The predicted octanol–water partition coefficient (Wildman–Crippen LogP) is 2.64. The van der Waals surface area contributed by atoms with E-state index in [1.807, 2.05) is 35.2 Å². The van der Waals surface area contributed by atoms with Gasteiger partial charge in [-0.05, 0) is 37.1 Å². The second kappa shape index (κ2) is 9.13. The van der Waals surface area contributed by atoms with Crippen LogP contribution >= 0.6 is 0 Å². The van der Waals surface area contributed by atoms with Crippen LogP contribution in [0.2, 0.25) is 0 Å². The van der Waals surface area contributed by atoms with E-state index in [1.165, 1.54) is 0 Å². The van der Waals surface area contributed by atoms with Gasteiger partial charge in [0.05, 0.1) is 18.9 Å². The van der Waals surface area contributed by atoms with Crippen molar-refractivity contribution in [2.45, 2.75) is 18.9 Å². The van der Waals surface area contributed by atoms with Crippen molar-refractivity contribution in [3.8, 4) is 5.75 Å². The highest BCUT2D eigenvalue weighted by Gasteiger charge is 2.24. The Morgan fingerprint density at radius 1 is 1.24 bits per heavy atom. The van der Waals surface area contributed by atoms with Crippen LogP contribution < -0.4 is 15.0 Å². The van der Waals surface area contributed by atoms with Gasteiger partial charge in [0.15, 0.2) is 0 Å². The largest absolute Gasteiger partial charge is 0.495 e. The van der Waals surface area contributed by atoms with Crippen LogP contribution in [0.3, 0.4) is 0 Å². The van der Waals surface area contributed by atoms with Gasteiger partial charge in [-0.25, -0.2) is 0 Å². The molecule has 0 aliphatic carbocycles. The van der Waals surface area contributed by atoms with Gasteiger partial charge in [-0.3, -0.25) is 9.78 Å². The lowest BCUT2D eigenvalue weighted by Gasteiger charge is -2.36. The first kappa shape index (κ1) is 19.5. The van der Waals surface area contributed by atoms with E-state index < -0.39 is 0 Å². The van der Waals surface area contributed by atoms with E-state index in [2.05, 4.69) is 21.3 Å². The van der Waals surface area contributed by atoms with Gasteiger partial charge < -0.3 is 24.6 Å². The normalized spacial score (nSPS) is 19.3. The Bertz CT molecular complexity index is 830. The molecule has 0 radical (unpaired) electrons. The summed E-state index contributed by atoms with van der Waals surface area (Å²) in [5.41, 5.74) is 2.46. The number of aromatic nitrogens is 1. The molecule has 4 rings (SSSR count). The number of nitrogens with zero attached hydrogens (tertiary/aromatic N) is 3. The topological polar surface area (TPSA) is 66.9 Å². The lowest BCUT2D eigenvalue weighted by molar-refractivity contribution is 0.0741. The van der Waals surface area contributed by atoms with E-state index in [4.69, 9.17) is 9.47 Å². The molecule has 2 aliphatic rings. The lowest BCUT2D eigenvalue weighted by atomic mass is 10.2. The number of nitrogens with one attached hydrogen (secondary N) is 1. The Kier molecular flexibility index (Phi) is 6.14. The van der Waals surface area contributed by atoms with Crippen LogP contribution in [0.25, 0.3) is 0 Å². The zero-order chi connectivity index (χ0) is 20.1. The summed E-state index contributed by atoms with van der Waals surface area (Å²) in [5.74, 6) is 0.837. The number of anilines is 2. The zero-order valence-corrected chi connectivity index (χ0v) is 16.8. The maximum Gasteiger partial charge on any atom is 0.272 e. The van der Waals surface area contributed by atoms with E-state index >= 15 is 0 Å². The van der Waals surface area contributed by atoms with Crippen LogP contribution in [0.5, 0.6) is 5.75 Å². The molecule has 1 amide bonds. The molecule has 0 spiro atoms. The monoisotopic (exact) mass is 396 g/mol. The number of ether oxygens (including phenoxy) is 2. The van der Waals surface area contributed by atoms with Crippen molar-refractivity contribution in [2.75, 3.05) is 56.7 Å². The van der Waals surface area contributed by atoms with Crippen LogP contribution in [0, 0.1) is 0 Å². The molecule has 2 aliphatic heterocycles. The second-order valence-electron chi connectivity index (χ2n) is 7.40. The average molecular weight is 396 g/mol. The fourth-order valence-corrected chi connectivity index (χ4v) is 3.90. The summed E-state index contributed by atoms with van der Waals surface area (Å²) < 4.78 is 11.1. The van der Waals surface area contributed by atoms with Crippen molar-refractivity contribution in [3.05, 3.63) is 48.3 Å². The first-order chi connectivity index (χ1) is 14.2. The number of piperazine rings is 1. The first-order valence-electron chi connectivity index (χ1n) is 10.2. The summed E-state index contributed by atoms with van der Waals surface area (Å²) >= 11 is 0. The summed E-state index contributed by atoms with van der Waals surface area (Å²) in [6.45, 7) is 4.45. The Morgan fingerprint density at radius 3 is 2.83 bits per heavy atom. The van der Waals surface area contributed by atoms with Gasteiger partial charge in [0.25, 0.3) is 5.91 Å². The Morgan fingerprint density at radius 2 is 2.07 bits per heavy atom. The Labute approximate surface area is 171 Å². The molecule has 7 nitrogen and oxygen atoms in total. The number of benzene rings is 1. The number of methoxy groups -OCH3 is 1. The van der Waals surface area contributed by atoms with Gasteiger partial charge in [0.2, 0.25) is 0 Å². The molecule has 2 aromatic rings. The third-order valence-corrected chi connectivity index (χ3v) is 5.53. The summed E-state index contributed by atoms with van der Waals surface area (Å²) in [6, 6.07) is 11.7. The van der Waals surface area contributed by atoms with E-state index in [9.17, 15) is 4.79 Å². The number of amides is 1. The summed E-state index contributed by atoms with van der Waals surface area (Å²) in [6.07, 6.45) is 4.15. The molecule has 2 fully saturated rings. The maximum absolute atomic E-state index is 12.9. The lowest BCUT2D eigenvalue weighted by Crippen LogP contribution is -2.49. The number of hydrogen-bond donors (Lipinski definition) is 1. The molecule has 1 aromatic carbocycles.